The molecule has 0 heterocycles. The van der Waals surface area contributed by atoms with Gasteiger partial charge in [0, 0.05) is 0 Å². The summed E-state index contributed by atoms with van der Waals surface area (Å²) < 4.78 is 28.8. The topological polar surface area (TPSA) is 58.2 Å². The highest BCUT2D eigenvalue weighted by Gasteiger charge is 2.17. The van der Waals surface area contributed by atoms with Crippen LogP contribution in [0.5, 0.6) is 0 Å². The maximum atomic E-state index is 12.7. The third-order valence-corrected chi connectivity index (χ3v) is 6.96. The maximum absolute atomic E-state index is 12.7. The van der Waals surface area contributed by atoms with Gasteiger partial charge in [0.2, 0.25) is 0 Å². The third-order valence-electron chi connectivity index (χ3n) is 3.85. The molecule has 0 unspecified atom stereocenters. The lowest BCUT2D eigenvalue weighted by Gasteiger charge is -2.15. The monoisotopic (exact) mass is 478 g/mol. The second-order valence-electron chi connectivity index (χ2n) is 5.87. The van der Waals surface area contributed by atoms with Gasteiger partial charge in [0.25, 0.3) is 10.0 Å². The number of benzene rings is 2. The van der Waals surface area contributed by atoms with Crippen molar-refractivity contribution in [3.05, 3.63) is 88.0 Å². The van der Waals surface area contributed by atoms with Crippen molar-refractivity contribution in [2.75, 3.05) is 0 Å². The average Bonchev–Trinajstić information content (AvgIpc) is 2.67. The Morgan fingerprint density at radius 1 is 1.18 bits per heavy atom. The van der Waals surface area contributed by atoms with Crippen LogP contribution in [-0.2, 0) is 16.4 Å². The molecular weight excluding hydrogens is 456 g/mol. The highest BCUT2D eigenvalue weighted by Crippen LogP contribution is 2.28. The molecule has 0 aliphatic heterocycles. The zero-order valence-electron chi connectivity index (χ0n) is 15.8. The smallest absolute Gasteiger partial charge is 0.262 e. The van der Waals surface area contributed by atoms with Gasteiger partial charge in [0.05, 0.1) is 13.7 Å². The summed E-state index contributed by atoms with van der Waals surface area (Å²) in [5, 5.41) is 3.40. The Balaban J connectivity index is 2.19. The van der Waals surface area contributed by atoms with E-state index < -0.39 is 10.0 Å². The summed E-state index contributed by atoms with van der Waals surface area (Å²) in [6.07, 6.45) is 2.59. The molecule has 0 aliphatic carbocycles. The maximum Gasteiger partial charge on any atom is 0.262 e. The quantitative estimate of drug-likeness (QED) is 0.483. The van der Waals surface area contributed by atoms with Gasteiger partial charge in [-0.25, -0.2) is 8.42 Å². The summed E-state index contributed by atoms with van der Waals surface area (Å²) in [4.78, 5) is 0.194. The van der Waals surface area contributed by atoms with E-state index in [2.05, 4.69) is 39.1 Å². The fraction of sp³-hybridized carbons (Fsp3) is 0.143. The summed E-state index contributed by atoms with van der Waals surface area (Å²) in [6, 6.07) is 15.1. The van der Waals surface area contributed by atoms with Crippen molar-refractivity contribution >= 4 is 37.7 Å². The molecule has 0 aromatic heterocycles. The standard InChI is InChI=1S/C21H23BrN2O2S2/c1-5-17-14-19(12-13-20(17)18-10-8-7-9-11-18)28(25,26)24-15(3)23-16(4)27-21(22)6-2/h6-14,23-24H,3-5H2,1-2H3/b21-6-. The van der Waals surface area contributed by atoms with E-state index in [1.807, 2.05) is 56.3 Å². The van der Waals surface area contributed by atoms with Crippen LogP contribution in [0.2, 0.25) is 0 Å². The molecule has 0 spiro atoms. The lowest BCUT2D eigenvalue weighted by Crippen LogP contribution is -2.29. The molecule has 0 saturated carbocycles. The molecule has 148 valence electrons. The molecule has 0 aliphatic rings. The van der Waals surface area contributed by atoms with Gasteiger partial charge in [-0.1, -0.05) is 74.3 Å². The molecule has 0 radical (unpaired) electrons. The minimum absolute atomic E-state index is 0.138. The van der Waals surface area contributed by atoms with Crippen molar-refractivity contribution in [3.63, 3.8) is 0 Å². The van der Waals surface area contributed by atoms with E-state index in [1.165, 1.54) is 11.8 Å². The molecular formula is C21H23BrN2O2S2. The van der Waals surface area contributed by atoms with Crippen molar-refractivity contribution in [1.29, 1.82) is 0 Å². The van der Waals surface area contributed by atoms with Gasteiger partial charge < -0.3 is 5.32 Å². The van der Waals surface area contributed by atoms with Gasteiger partial charge in [-0.3, -0.25) is 4.72 Å². The highest BCUT2D eigenvalue weighted by molar-refractivity contribution is 9.14. The van der Waals surface area contributed by atoms with Crippen LogP contribution in [0.4, 0.5) is 0 Å². The van der Waals surface area contributed by atoms with E-state index in [0.717, 1.165) is 26.9 Å². The van der Waals surface area contributed by atoms with Crippen LogP contribution >= 0.6 is 27.7 Å². The normalized spacial score (nSPS) is 11.8. The van der Waals surface area contributed by atoms with Crippen LogP contribution in [0, 0.1) is 0 Å². The highest BCUT2D eigenvalue weighted by atomic mass is 79.9. The minimum atomic E-state index is -3.76. The van der Waals surface area contributed by atoms with Crippen molar-refractivity contribution in [2.24, 2.45) is 0 Å². The molecule has 2 N–H and O–H groups in total. The Labute approximate surface area is 180 Å². The van der Waals surface area contributed by atoms with Crippen LogP contribution in [0.15, 0.2) is 87.3 Å². The van der Waals surface area contributed by atoms with Gasteiger partial charge in [0.15, 0.2) is 0 Å². The van der Waals surface area contributed by atoms with E-state index in [9.17, 15) is 8.42 Å². The van der Waals surface area contributed by atoms with Crippen LogP contribution in [0.1, 0.15) is 19.4 Å². The largest absolute Gasteiger partial charge is 0.337 e. The summed E-state index contributed by atoms with van der Waals surface area (Å²) in [7, 11) is -3.76. The molecule has 2 aromatic carbocycles. The number of allylic oxidation sites excluding steroid dienone is 1. The lowest BCUT2D eigenvalue weighted by molar-refractivity contribution is 0.586. The molecule has 0 fully saturated rings. The molecule has 0 saturated heterocycles. The molecule has 0 amide bonds. The van der Waals surface area contributed by atoms with E-state index in [0.29, 0.717) is 5.03 Å². The first-order chi connectivity index (χ1) is 13.3. The number of halogens is 1. The number of sulfonamides is 1. The van der Waals surface area contributed by atoms with Crippen LogP contribution in [0.3, 0.4) is 0 Å². The zero-order valence-corrected chi connectivity index (χ0v) is 19.0. The van der Waals surface area contributed by atoms with Crippen LogP contribution < -0.4 is 10.0 Å². The zero-order chi connectivity index (χ0) is 20.7. The first-order valence-electron chi connectivity index (χ1n) is 8.62. The first-order valence-corrected chi connectivity index (χ1v) is 11.7. The molecule has 4 nitrogen and oxygen atoms in total. The Morgan fingerprint density at radius 3 is 2.46 bits per heavy atom. The minimum Gasteiger partial charge on any atom is -0.337 e. The van der Waals surface area contributed by atoms with Crippen molar-refractivity contribution in [3.8, 4) is 11.1 Å². The summed E-state index contributed by atoms with van der Waals surface area (Å²) >= 11 is 4.69. The number of rotatable bonds is 9. The SMILES string of the molecule is C=C(NC(=C)S/C(Br)=C\C)NS(=O)(=O)c1ccc(-c2ccccc2)c(CC)c1. The fourth-order valence-electron chi connectivity index (χ4n) is 2.55. The molecule has 0 atom stereocenters. The number of thioether (sulfide) groups is 1. The second-order valence-corrected chi connectivity index (χ2v) is 10.1. The van der Waals surface area contributed by atoms with Crippen LogP contribution in [-0.4, -0.2) is 8.42 Å². The Hall–Kier alpha value is -1.96. The average molecular weight is 479 g/mol. The number of nitrogens with one attached hydrogen (secondary N) is 2. The fourth-order valence-corrected chi connectivity index (χ4v) is 4.70. The van der Waals surface area contributed by atoms with Crippen LogP contribution in [0.25, 0.3) is 11.1 Å². The predicted molar refractivity (Wildman–Crippen MR) is 123 cm³/mol. The molecule has 28 heavy (non-hydrogen) atoms. The Bertz CT molecular complexity index is 1000. The predicted octanol–water partition coefficient (Wildman–Crippen LogP) is 5.72. The molecule has 2 aromatic rings. The summed E-state index contributed by atoms with van der Waals surface area (Å²) in [5.41, 5.74) is 3.05. The lowest BCUT2D eigenvalue weighted by atomic mass is 9.98. The van der Waals surface area contributed by atoms with Crippen molar-refractivity contribution < 1.29 is 8.42 Å². The van der Waals surface area contributed by atoms with Gasteiger partial charge in [-0.2, -0.15) is 0 Å². The van der Waals surface area contributed by atoms with E-state index in [1.54, 1.807) is 12.1 Å². The number of hydrogen-bond donors (Lipinski definition) is 2. The second kappa shape index (κ2) is 10.0. The number of aryl methyl sites for hydroxylation is 1. The van der Waals surface area contributed by atoms with E-state index in [4.69, 9.17) is 0 Å². The number of hydrogen-bond acceptors (Lipinski definition) is 4. The van der Waals surface area contributed by atoms with E-state index in [-0.39, 0.29) is 10.7 Å². The molecule has 0 bridgehead atoms. The van der Waals surface area contributed by atoms with Crippen molar-refractivity contribution in [2.45, 2.75) is 25.2 Å². The van der Waals surface area contributed by atoms with Crippen molar-refractivity contribution in [1.82, 2.24) is 10.0 Å². The van der Waals surface area contributed by atoms with Gasteiger partial charge in [-0.15, -0.1) is 0 Å². The van der Waals surface area contributed by atoms with Gasteiger partial charge in [-0.05, 0) is 58.1 Å². The van der Waals surface area contributed by atoms with Gasteiger partial charge >= 0.3 is 0 Å². The summed E-state index contributed by atoms with van der Waals surface area (Å²) in [5.74, 6) is 0.138. The Morgan fingerprint density at radius 2 is 1.86 bits per heavy atom. The third kappa shape index (κ3) is 6.02. The first kappa shape index (κ1) is 22.3. The summed E-state index contributed by atoms with van der Waals surface area (Å²) in [6.45, 7) is 11.5. The van der Waals surface area contributed by atoms with E-state index >= 15 is 0 Å². The molecule has 7 heteroatoms. The van der Waals surface area contributed by atoms with Gasteiger partial charge in [0.1, 0.15) is 5.82 Å². The molecule has 2 rings (SSSR count). The Kier molecular flexibility index (Phi) is 7.98.